The second-order valence-corrected chi connectivity index (χ2v) is 10.9. The van der Waals surface area contributed by atoms with Gasteiger partial charge < -0.3 is 5.11 Å². The molecule has 4 aromatic rings. The number of aliphatic carboxylic acids is 1. The van der Waals surface area contributed by atoms with Gasteiger partial charge in [-0.15, -0.1) is 0 Å². The van der Waals surface area contributed by atoms with Gasteiger partial charge >= 0.3 is 18.3 Å². The van der Waals surface area contributed by atoms with Gasteiger partial charge in [0.1, 0.15) is 5.69 Å². The van der Waals surface area contributed by atoms with Crippen LogP contribution in [0.5, 0.6) is 0 Å². The fourth-order valence-corrected chi connectivity index (χ4v) is 5.21. The fourth-order valence-electron chi connectivity index (χ4n) is 4.93. The van der Waals surface area contributed by atoms with Gasteiger partial charge in [-0.1, -0.05) is 43.6 Å². The predicted molar refractivity (Wildman–Crippen MR) is 148 cm³/mol. The highest BCUT2D eigenvalue weighted by Gasteiger charge is 2.38. The number of aromatic nitrogens is 3. The Kier molecular flexibility index (Phi) is 9.19. The van der Waals surface area contributed by atoms with E-state index >= 15 is 0 Å². The lowest BCUT2D eigenvalue weighted by Gasteiger charge is -2.22. The van der Waals surface area contributed by atoms with Gasteiger partial charge in [0, 0.05) is 35.0 Å². The summed E-state index contributed by atoms with van der Waals surface area (Å²) in [5, 5.41) is 12.3. The molecule has 228 valence electrons. The summed E-state index contributed by atoms with van der Waals surface area (Å²) >= 11 is 6.07. The normalized spacial score (nSPS) is 13.1. The van der Waals surface area contributed by atoms with E-state index in [2.05, 4.69) is 10.1 Å². The first-order valence-electron chi connectivity index (χ1n) is 13.2. The zero-order chi connectivity index (χ0) is 31.7. The van der Waals surface area contributed by atoms with Crippen molar-refractivity contribution in [2.45, 2.75) is 57.9 Å². The minimum absolute atomic E-state index is 0.00334. The molecule has 43 heavy (non-hydrogen) atoms. The summed E-state index contributed by atoms with van der Waals surface area (Å²) < 4.78 is 84.4. The van der Waals surface area contributed by atoms with Crippen LogP contribution in [0.25, 0.3) is 22.0 Å². The number of carboxylic acid groups (broad SMARTS) is 1. The number of nitrogens with zero attached hydrogens (tertiary/aromatic N) is 3. The lowest BCUT2D eigenvalue weighted by Crippen LogP contribution is -2.16. The molecule has 0 bridgehead atoms. The predicted octanol–water partition coefficient (Wildman–Crippen LogP) is 8.86. The summed E-state index contributed by atoms with van der Waals surface area (Å²) in [6.07, 6.45) is -6.62. The quantitative estimate of drug-likeness (QED) is 0.141. The first kappa shape index (κ1) is 32.0. The summed E-state index contributed by atoms with van der Waals surface area (Å²) in [5.74, 6) is -1.27. The molecule has 2 heterocycles. The highest BCUT2D eigenvalue weighted by Crippen LogP contribution is 2.45. The van der Waals surface area contributed by atoms with Crippen LogP contribution in [0.1, 0.15) is 72.8 Å². The third-order valence-electron chi connectivity index (χ3n) is 6.89. The summed E-state index contributed by atoms with van der Waals surface area (Å²) in [6.45, 7) is 3.86. The minimum Gasteiger partial charge on any atom is -0.481 e. The lowest BCUT2D eigenvalue weighted by molar-refractivity contribution is -0.138. The molecule has 0 spiro atoms. The zero-order valence-electron chi connectivity index (χ0n) is 22.9. The Hall–Kier alpha value is -3.93. The van der Waals surface area contributed by atoms with Crippen LogP contribution in [-0.2, 0) is 17.1 Å². The van der Waals surface area contributed by atoms with Crippen molar-refractivity contribution in [1.82, 2.24) is 14.8 Å². The molecule has 2 aromatic carbocycles. The van der Waals surface area contributed by atoms with E-state index in [1.165, 1.54) is 29.1 Å². The summed E-state index contributed by atoms with van der Waals surface area (Å²) in [6, 6.07) is 7.34. The number of fused-ring (bicyclic) bond motifs is 1. The average Bonchev–Trinajstić information content (AvgIpc) is 3.33. The van der Waals surface area contributed by atoms with Gasteiger partial charge in [0.25, 0.3) is 0 Å². The zero-order valence-corrected chi connectivity index (χ0v) is 23.7. The maximum absolute atomic E-state index is 14.5. The summed E-state index contributed by atoms with van der Waals surface area (Å²) in [7, 11) is 0. The number of carbonyl (C=O) groups excluding carboxylic acids is 1. The van der Waals surface area contributed by atoms with Crippen molar-refractivity contribution in [3.63, 3.8) is 0 Å². The van der Waals surface area contributed by atoms with Crippen molar-refractivity contribution < 1.29 is 41.0 Å². The first-order valence-corrected chi connectivity index (χ1v) is 13.6. The van der Waals surface area contributed by atoms with Crippen LogP contribution in [0, 0.1) is 5.92 Å². The van der Waals surface area contributed by atoms with Gasteiger partial charge in [-0.3, -0.25) is 19.3 Å². The summed E-state index contributed by atoms with van der Waals surface area (Å²) in [4.78, 5) is 27.4. The minimum atomic E-state index is -4.90. The Labute approximate surface area is 247 Å². The number of carbonyl (C=O) groups is 2. The number of alkyl halides is 6. The molecule has 0 radical (unpaired) electrons. The van der Waals surface area contributed by atoms with Gasteiger partial charge in [0.05, 0.1) is 28.9 Å². The van der Waals surface area contributed by atoms with Crippen LogP contribution in [-0.4, -0.2) is 31.6 Å². The molecule has 4 rings (SSSR count). The molecule has 2 aromatic heterocycles. The molecular weight excluding hydrogens is 600 g/mol. The average molecular weight is 626 g/mol. The summed E-state index contributed by atoms with van der Waals surface area (Å²) in [5.41, 5.74) is -1.89. The Morgan fingerprint density at radius 3 is 2.19 bits per heavy atom. The molecule has 0 aliphatic carbocycles. The van der Waals surface area contributed by atoms with E-state index in [0.29, 0.717) is 24.1 Å². The standard InChI is InChI=1S/C30H26ClF6N3O3/c1-16(2)12-25(17-6-10-23(38-14-17)26(41)4-3-5-27(42)43)40-24-11-9-20(28(30(35,36)37)21(24)15-39-40)19-8-7-18(13-22(19)31)29(32,33)34/h6-11,13-16,25H,3-5,12H2,1-2H3,(H,42,43). The van der Waals surface area contributed by atoms with E-state index in [1.54, 1.807) is 6.07 Å². The smallest absolute Gasteiger partial charge is 0.417 e. The molecule has 1 atom stereocenters. The molecule has 0 saturated carbocycles. The number of rotatable bonds is 10. The van der Waals surface area contributed by atoms with Crippen LogP contribution in [0.15, 0.2) is 54.9 Å². The van der Waals surface area contributed by atoms with E-state index in [1.807, 2.05) is 13.8 Å². The van der Waals surface area contributed by atoms with Crippen molar-refractivity contribution in [1.29, 1.82) is 0 Å². The first-order chi connectivity index (χ1) is 20.1. The lowest BCUT2D eigenvalue weighted by atomic mass is 9.94. The van der Waals surface area contributed by atoms with E-state index in [4.69, 9.17) is 16.7 Å². The van der Waals surface area contributed by atoms with Crippen molar-refractivity contribution in [2.24, 2.45) is 5.92 Å². The van der Waals surface area contributed by atoms with Crippen LogP contribution in [0.2, 0.25) is 5.02 Å². The Bertz CT molecular complexity index is 1650. The molecule has 0 fully saturated rings. The van der Waals surface area contributed by atoms with E-state index < -0.39 is 40.5 Å². The van der Waals surface area contributed by atoms with E-state index in [0.717, 1.165) is 12.3 Å². The van der Waals surface area contributed by atoms with Gasteiger partial charge in [0.2, 0.25) is 0 Å². The van der Waals surface area contributed by atoms with Crippen LogP contribution in [0.3, 0.4) is 0 Å². The maximum atomic E-state index is 14.5. The third-order valence-corrected chi connectivity index (χ3v) is 7.20. The molecule has 0 aliphatic heterocycles. The molecule has 0 aliphatic rings. The Balaban J connectivity index is 1.78. The van der Waals surface area contributed by atoms with Gasteiger partial charge in [0.15, 0.2) is 5.78 Å². The number of benzene rings is 2. The monoisotopic (exact) mass is 625 g/mol. The van der Waals surface area contributed by atoms with Gasteiger partial charge in [-0.25, -0.2) is 0 Å². The van der Waals surface area contributed by atoms with Crippen molar-refractivity contribution in [3.05, 3.63) is 82.3 Å². The topological polar surface area (TPSA) is 85.1 Å². The van der Waals surface area contributed by atoms with E-state index in [9.17, 15) is 35.9 Å². The number of carboxylic acids is 1. The second-order valence-electron chi connectivity index (χ2n) is 10.5. The molecule has 0 amide bonds. The van der Waals surface area contributed by atoms with Crippen LogP contribution < -0.4 is 0 Å². The number of hydrogen-bond acceptors (Lipinski definition) is 4. The fraction of sp³-hybridized carbons (Fsp3) is 0.333. The Morgan fingerprint density at radius 1 is 0.930 bits per heavy atom. The number of halogens is 7. The SMILES string of the molecule is CC(C)CC(c1ccc(C(=O)CCCC(=O)O)nc1)n1ncc2c(C(F)(F)F)c(-c3ccc(C(F)(F)F)cc3Cl)ccc21. The van der Waals surface area contributed by atoms with Crippen molar-refractivity contribution in [3.8, 4) is 11.1 Å². The third kappa shape index (κ3) is 7.18. The van der Waals surface area contributed by atoms with Crippen LogP contribution in [0.4, 0.5) is 26.3 Å². The highest BCUT2D eigenvalue weighted by molar-refractivity contribution is 6.33. The van der Waals surface area contributed by atoms with Crippen molar-refractivity contribution >= 4 is 34.3 Å². The molecule has 0 saturated heterocycles. The van der Waals surface area contributed by atoms with Gasteiger partial charge in [-0.2, -0.15) is 31.4 Å². The number of pyridine rings is 1. The number of ketones is 1. The van der Waals surface area contributed by atoms with Crippen molar-refractivity contribution in [2.75, 3.05) is 0 Å². The van der Waals surface area contributed by atoms with E-state index in [-0.39, 0.29) is 58.7 Å². The number of hydrogen-bond donors (Lipinski definition) is 1. The molecule has 1 N–H and O–H groups in total. The highest BCUT2D eigenvalue weighted by atomic mass is 35.5. The number of Topliss-reactive ketones (excluding diaryl/α,β-unsaturated/α-hetero) is 1. The second kappa shape index (κ2) is 12.4. The Morgan fingerprint density at radius 2 is 1.63 bits per heavy atom. The molecule has 13 heteroatoms. The molecule has 6 nitrogen and oxygen atoms in total. The molecular formula is C30H26ClF6N3O3. The van der Waals surface area contributed by atoms with Gasteiger partial charge in [-0.05, 0) is 54.2 Å². The van der Waals surface area contributed by atoms with Crippen LogP contribution >= 0.6 is 11.6 Å². The maximum Gasteiger partial charge on any atom is 0.417 e. The largest absolute Gasteiger partial charge is 0.481 e. The molecule has 1 unspecified atom stereocenters.